The van der Waals surface area contributed by atoms with Crippen molar-refractivity contribution in [2.24, 2.45) is 0 Å². The van der Waals surface area contributed by atoms with Crippen LogP contribution in [0.15, 0.2) is 41.9 Å². The van der Waals surface area contributed by atoms with Gasteiger partial charge in [0.05, 0.1) is 17.1 Å². The summed E-state index contributed by atoms with van der Waals surface area (Å²) < 4.78 is 15.1. The fourth-order valence-electron chi connectivity index (χ4n) is 3.99. The molecule has 32 heavy (non-hydrogen) atoms. The third-order valence-electron chi connectivity index (χ3n) is 5.54. The van der Waals surface area contributed by atoms with E-state index in [0.29, 0.717) is 29.5 Å². The Hall–Kier alpha value is -3.11. The minimum Gasteiger partial charge on any atom is -0.326 e. The van der Waals surface area contributed by atoms with Gasteiger partial charge in [0, 0.05) is 23.5 Å². The van der Waals surface area contributed by atoms with Gasteiger partial charge in [-0.1, -0.05) is 12.1 Å². The average Bonchev–Trinajstić information content (AvgIpc) is 3.56. The highest BCUT2D eigenvalue weighted by Crippen LogP contribution is 2.31. The van der Waals surface area contributed by atoms with Gasteiger partial charge in [-0.25, -0.2) is 9.37 Å². The Labute approximate surface area is 191 Å². The van der Waals surface area contributed by atoms with Gasteiger partial charge in [-0.15, -0.1) is 22.7 Å². The molecule has 0 spiro atoms. The molecule has 1 aromatic carbocycles. The van der Waals surface area contributed by atoms with Crippen LogP contribution in [0.3, 0.4) is 0 Å². The van der Waals surface area contributed by atoms with Crippen molar-refractivity contribution < 1.29 is 14.0 Å². The second kappa shape index (κ2) is 8.44. The van der Waals surface area contributed by atoms with Crippen LogP contribution >= 0.6 is 22.7 Å². The molecule has 1 aliphatic rings. The van der Waals surface area contributed by atoms with Crippen LogP contribution in [0, 0.1) is 12.7 Å². The standard InChI is InChI=1S/C22H20FN5O2S2/c1-13-16-11-18(32-21(16)28(26-13)12-14-4-6-15(23)7-5-14)20(30)27-9-2-3-17(27)19(29)25-22-24-8-10-31-22/h4-8,10-11,17H,2-3,9,12H2,1H3,(H,24,25,29)/t17-/m1/s1. The molecule has 1 fully saturated rings. The third kappa shape index (κ3) is 3.91. The van der Waals surface area contributed by atoms with Gasteiger partial charge in [0.25, 0.3) is 5.91 Å². The van der Waals surface area contributed by atoms with Crippen molar-refractivity contribution in [3.8, 4) is 0 Å². The largest absolute Gasteiger partial charge is 0.326 e. The van der Waals surface area contributed by atoms with Crippen LogP contribution in [0.4, 0.5) is 9.52 Å². The van der Waals surface area contributed by atoms with Crippen LogP contribution in [0.5, 0.6) is 0 Å². The molecule has 4 aromatic rings. The molecular formula is C22H20FN5O2S2. The summed E-state index contributed by atoms with van der Waals surface area (Å²) in [6.45, 7) is 2.94. The van der Waals surface area contributed by atoms with Crippen LogP contribution in [0.25, 0.3) is 10.2 Å². The fourth-order valence-corrected chi connectivity index (χ4v) is 5.63. The Morgan fingerprint density at radius 3 is 2.84 bits per heavy atom. The number of nitrogens with zero attached hydrogens (tertiary/aromatic N) is 4. The number of hydrogen-bond acceptors (Lipinski definition) is 6. The SMILES string of the molecule is Cc1nn(Cc2ccc(F)cc2)c2sc(C(=O)N3CCC[C@@H]3C(=O)Nc3nccs3)cc12. The molecule has 0 unspecified atom stereocenters. The van der Waals surface area contributed by atoms with Crippen LogP contribution in [-0.4, -0.2) is 44.1 Å². The van der Waals surface area contributed by atoms with Crippen LogP contribution in [0.1, 0.15) is 33.8 Å². The second-order valence-electron chi connectivity index (χ2n) is 7.68. The maximum absolute atomic E-state index is 13.3. The Bertz CT molecular complexity index is 1280. The molecule has 3 aromatic heterocycles. The highest BCUT2D eigenvalue weighted by atomic mass is 32.1. The van der Waals surface area contributed by atoms with Crippen LogP contribution < -0.4 is 5.32 Å². The van der Waals surface area contributed by atoms with E-state index in [4.69, 9.17) is 0 Å². The minimum absolute atomic E-state index is 0.143. The number of thiazole rings is 1. The van der Waals surface area contributed by atoms with E-state index in [1.807, 2.05) is 17.7 Å². The molecule has 7 nitrogen and oxygen atoms in total. The number of anilines is 1. The summed E-state index contributed by atoms with van der Waals surface area (Å²) in [5.74, 6) is -0.625. The average molecular weight is 470 g/mol. The van der Waals surface area contributed by atoms with Gasteiger partial charge in [0.15, 0.2) is 5.13 Å². The van der Waals surface area contributed by atoms with Gasteiger partial charge in [0.2, 0.25) is 5.91 Å². The van der Waals surface area contributed by atoms with Crippen molar-refractivity contribution in [3.63, 3.8) is 0 Å². The first kappa shape index (κ1) is 20.8. The van der Waals surface area contributed by atoms with Gasteiger partial charge >= 0.3 is 0 Å². The number of hydrogen-bond donors (Lipinski definition) is 1. The number of nitrogens with one attached hydrogen (secondary N) is 1. The van der Waals surface area contributed by atoms with Gasteiger partial charge in [-0.2, -0.15) is 5.10 Å². The smallest absolute Gasteiger partial charge is 0.264 e. The topological polar surface area (TPSA) is 80.1 Å². The molecule has 1 aliphatic heterocycles. The van der Waals surface area contributed by atoms with E-state index in [9.17, 15) is 14.0 Å². The maximum Gasteiger partial charge on any atom is 0.264 e. The number of fused-ring (bicyclic) bond motifs is 1. The number of benzene rings is 1. The van der Waals surface area contributed by atoms with Crippen LogP contribution in [-0.2, 0) is 11.3 Å². The summed E-state index contributed by atoms with van der Waals surface area (Å²) >= 11 is 2.72. The van der Waals surface area contributed by atoms with Crippen LogP contribution in [0.2, 0.25) is 0 Å². The number of thiophene rings is 1. The van der Waals surface area contributed by atoms with Crippen molar-refractivity contribution in [2.45, 2.75) is 32.4 Å². The van der Waals surface area contributed by atoms with Crippen molar-refractivity contribution in [1.82, 2.24) is 19.7 Å². The first-order valence-electron chi connectivity index (χ1n) is 10.2. The monoisotopic (exact) mass is 469 g/mol. The van der Waals surface area contributed by atoms with Gasteiger partial charge in [-0.05, 0) is 43.5 Å². The van der Waals surface area contributed by atoms with E-state index >= 15 is 0 Å². The molecule has 10 heteroatoms. The Kier molecular flexibility index (Phi) is 5.48. The summed E-state index contributed by atoms with van der Waals surface area (Å²) in [5.41, 5.74) is 1.76. The molecule has 2 amide bonds. The van der Waals surface area contributed by atoms with E-state index in [0.717, 1.165) is 27.9 Å². The molecule has 5 rings (SSSR count). The van der Waals surface area contributed by atoms with E-state index < -0.39 is 6.04 Å². The number of rotatable bonds is 5. The number of amides is 2. The third-order valence-corrected chi connectivity index (χ3v) is 7.37. The first-order chi connectivity index (χ1) is 15.5. The van der Waals surface area contributed by atoms with E-state index in [2.05, 4.69) is 15.4 Å². The molecule has 164 valence electrons. The van der Waals surface area contributed by atoms with Gasteiger partial charge in [-0.3, -0.25) is 14.3 Å². The number of carbonyl (C=O) groups excluding carboxylic acids is 2. The molecule has 0 saturated carbocycles. The number of carbonyl (C=O) groups is 2. The molecule has 0 radical (unpaired) electrons. The normalized spacial score (nSPS) is 16.1. The summed E-state index contributed by atoms with van der Waals surface area (Å²) in [4.78, 5) is 33.3. The van der Waals surface area contributed by atoms with E-state index in [-0.39, 0.29) is 17.6 Å². The van der Waals surface area contributed by atoms with E-state index in [1.54, 1.807) is 28.6 Å². The summed E-state index contributed by atoms with van der Waals surface area (Å²) in [7, 11) is 0. The molecule has 0 aliphatic carbocycles. The Morgan fingerprint density at radius 1 is 1.28 bits per heavy atom. The van der Waals surface area contributed by atoms with Crippen molar-refractivity contribution >= 4 is 49.8 Å². The lowest BCUT2D eigenvalue weighted by atomic mass is 10.2. The lowest BCUT2D eigenvalue weighted by Crippen LogP contribution is -2.42. The fraction of sp³-hybridized carbons (Fsp3) is 0.273. The second-order valence-corrected chi connectivity index (χ2v) is 9.61. The summed E-state index contributed by atoms with van der Waals surface area (Å²) in [5, 5.41) is 10.6. The van der Waals surface area contributed by atoms with Crippen molar-refractivity contribution in [2.75, 3.05) is 11.9 Å². The quantitative estimate of drug-likeness (QED) is 0.473. The van der Waals surface area contributed by atoms with E-state index in [1.165, 1.54) is 34.8 Å². The molecule has 1 atom stereocenters. The number of aryl methyl sites for hydroxylation is 1. The van der Waals surface area contributed by atoms with Gasteiger partial charge in [0.1, 0.15) is 16.7 Å². The molecule has 1 N–H and O–H groups in total. The number of aromatic nitrogens is 3. The predicted octanol–water partition coefficient (Wildman–Crippen LogP) is 4.29. The zero-order chi connectivity index (χ0) is 22.2. The highest BCUT2D eigenvalue weighted by molar-refractivity contribution is 7.20. The molecule has 0 bridgehead atoms. The molecular weight excluding hydrogens is 449 g/mol. The highest BCUT2D eigenvalue weighted by Gasteiger charge is 2.35. The Balaban J connectivity index is 1.38. The predicted molar refractivity (Wildman–Crippen MR) is 123 cm³/mol. The summed E-state index contributed by atoms with van der Waals surface area (Å²) in [6.07, 6.45) is 3.04. The van der Waals surface area contributed by atoms with Crippen molar-refractivity contribution in [1.29, 1.82) is 0 Å². The maximum atomic E-state index is 13.3. The molecule has 1 saturated heterocycles. The lowest BCUT2D eigenvalue weighted by Gasteiger charge is -2.22. The first-order valence-corrected chi connectivity index (χ1v) is 11.9. The molecule has 4 heterocycles. The van der Waals surface area contributed by atoms with Crippen molar-refractivity contribution in [3.05, 3.63) is 63.9 Å². The summed E-state index contributed by atoms with van der Waals surface area (Å²) in [6, 6.07) is 7.67. The minimum atomic E-state index is -0.506. The number of likely N-dealkylation sites (tertiary alicyclic amines) is 1. The Morgan fingerprint density at radius 2 is 2.09 bits per heavy atom. The lowest BCUT2D eigenvalue weighted by molar-refractivity contribution is -0.119. The number of halogens is 1. The van der Waals surface area contributed by atoms with Gasteiger partial charge < -0.3 is 10.2 Å². The zero-order valence-corrected chi connectivity index (χ0v) is 18.9. The zero-order valence-electron chi connectivity index (χ0n) is 17.2.